The maximum Gasteiger partial charge on any atom is 0.224 e. The second-order valence-electron chi connectivity index (χ2n) is 6.50. The molecule has 122 valence electrons. The first-order chi connectivity index (χ1) is 11.3. The average molecular weight is 329 g/mol. The number of nitrogens with one attached hydrogen (secondary N) is 1. The second kappa shape index (κ2) is 6.49. The summed E-state index contributed by atoms with van der Waals surface area (Å²) >= 11 is 1.82. The summed E-state index contributed by atoms with van der Waals surface area (Å²) in [5, 5.41) is 2.14. The standard InChI is InChI=1S/C18H23N3OS/c22-18(21-10-5-17-14(13-21)7-12-23-17)6-11-20-9-2-4-16(20)15-3-1-8-19-15/h1,3,7-8,12,16,19H,2,4-6,9-11,13H2/t16-/m1/s1. The van der Waals surface area contributed by atoms with Crippen LogP contribution < -0.4 is 0 Å². The molecular weight excluding hydrogens is 306 g/mol. The number of amides is 1. The monoisotopic (exact) mass is 329 g/mol. The van der Waals surface area contributed by atoms with Gasteiger partial charge in [0.15, 0.2) is 0 Å². The summed E-state index contributed by atoms with van der Waals surface area (Å²) < 4.78 is 0. The second-order valence-corrected chi connectivity index (χ2v) is 7.50. The van der Waals surface area contributed by atoms with Crippen LogP contribution in [0.2, 0.25) is 0 Å². The van der Waals surface area contributed by atoms with Crippen molar-refractivity contribution in [2.24, 2.45) is 0 Å². The number of hydrogen-bond acceptors (Lipinski definition) is 3. The molecule has 0 unspecified atom stereocenters. The van der Waals surface area contributed by atoms with Gasteiger partial charge >= 0.3 is 0 Å². The SMILES string of the molecule is O=C(CCN1CCC[C@@H]1c1ccc[nH]1)N1CCc2sccc2C1. The van der Waals surface area contributed by atoms with E-state index in [0.29, 0.717) is 18.4 Å². The Hall–Kier alpha value is -1.59. The zero-order valence-corrected chi connectivity index (χ0v) is 14.1. The molecule has 2 aliphatic rings. The summed E-state index contributed by atoms with van der Waals surface area (Å²) in [5.41, 5.74) is 2.64. The van der Waals surface area contributed by atoms with Gasteiger partial charge in [-0.3, -0.25) is 9.69 Å². The van der Waals surface area contributed by atoms with E-state index < -0.39 is 0 Å². The maximum atomic E-state index is 12.6. The number of carbonyl (C=O) groups is 1. The number of rotatable bonds is 4. The first-order valence-corrected chi connectivity index (χ1v) is 9.39. The predicted molar refractivity (Wildman–Crippen MR) is 92.4 cm³/mol. The lowest BCUT2D eigenvalue weighted by atomic mass is 10.1. The number of aromatic amines is 1. The number of fused-ring (bicyclic) bond motifs is 1. The van der Waals surface area contributed by atoms with Gasteiger partial charge in [-0.25, -0.2) is 0 Å². The minimum atomic E-state index is 0.305. The highest BCUT2D eigenvalue weighted by atomic mass is 32.1. The molecule has 1 saturated heterocycles. The molecule has 1 atom stereocenters. The Morgan fingerprint density at radius 1 is 1.35 bits per heavy atom. The molecule has 1 fully saturated rings. The Kier molecular flexibility index (Phi) is 4.23. The molecule has 0 bridgehead atoms. The van der Waals surface area contributed by atoms with Gasteiger partial charge in [-0.15, -0.1) is 11.3 Å². The van der Waals surface area contributed by atoms with Crippen molar-refractivity contribution in [3.63, 3.8) is 0 Å². The van der Waals surface area contributed by atoms with Crippen LogP contribution in [-0.2, 0) is 17.8 Å². The van der Waals surface area contributed by atoms with Crippen molar-refractivity contribution in [3.8, 4) is 0 Å². The Morgan fingerprint density at radius 2 is 2.30 bits per heavy atom. The normalized spacial score (nSPS) is 21.6. The first-order valence-electron chi connectivity index (χ1n) is 8.51. The van der Waals surface area contributed by atoms with E-state index in [2.05, 4.69) is 33.5 Å². The van der Waals surface area contributed by atoms with Gasteiger partial charge in [0.1, 0.15) is 0 Å². The van der Waals surface area contributed by atoms with Crippen LogP contribution in [0.3, 0.4) is 0 Å². The molecule has 0 radical (unpaired) electrons. The number of aromatic nitrogens is 1. The van der Waals surface area contributed by atoms with E-state index in [1.54, 1.807) is 0 Å². The molecule has 2 aliphatic heterocycles. The van der Waals surface area contributed by atoms with Crippen molar-refractivity contribution < 1.29 is 4.79 Å². The van der Waals surface area contributed by atoms with Crippen LogP contribution in [0.1, 0.15) is 41.4 Å². The van der Waals surface area contributed by atoms with Gasteiger partial charge in [0.2, 0.25) is 5.91 Å². The molecule has 23 heavy (non-hydrogen) atoms. The minimum absolute atomic E-state index is 0.305. The van der Waals surface area contributed by atoms with Gasteiger partial charge in [0, 0.05) is 48.9 Å². The molecule has 2 aromatic rings. The van der Waals surface area contributed by atoms with Crippen molar-refractivity contribution in [3.05, 3.63) is 45.9 Å². The van der Waals surface area contributed by atoms with E-state index in [0.717, 1.165) is 32.6 Å². The van der Waals surface area contributed by atoms with Gasteiger partial charge < -0.3 is 9.88 Å². The minimum Gasteiger partial charge on any atom is -0.364 e. The van der Waals surface area contributed by atoms with Crippen molar-refractivity contribution in [2.45, 2.75) is 38.3 Å². The smallest absolute Gasteiger partial charge is 0.224 e. The third-order valence-corrected chi connectivity index (χ3v) is 6.14. The lowest BCUT2D eigenvalue weighted by molar-refractivity contribution is -0.132. The van der Waals surface area contributed by atoms with Gasteiger partial charge in [0.05, 0.1) is 0 Å². The van der Waals surface area contributed by atoms with Crippen molar-refractivity contribution in [1.82, 2.24) is 14.8 Å². The van der Waals surface area contributed by atoms with Crippen LogP contribution in [0.15, 0.2) is 29.8 Å². The summed E-state index contributed by atoms with van der Waals surface area (Å²) in [6.45, 7) is 3.66. The highest BCUT2D eigenvalue weighted by Crippen LogP contribution is 2.31. The molecule has 1 N–H and O–H groups in total. The number of nitrogens with zero attached hydrogens (tertiary/aromatic N) is 2. The van der Waals surface area contributed by atoms with Gasteiger partial charge in [0.25, 0.3) is 0 Å². The van der Waals surface area contributed by atoms with E-state index >= 15 is 0 Å². The average Bonchev–Trinajstić information content (AvgIpc) is 3.31. The van der Waals surface area contributed by atoms with Crippen LogP contribution >= 0.6 is 11.3 Å². The summed E-state index contributed by atoms with van der Waals surface area (Å²) in [5.74, 6) is 0.305. The van der Waals surface area contributed by atoms with Gasteiger partial charge in [-0.2, -0.15) is 0 Å². The molecule has 0 aromatic carbocycles. The predicted octanol–water partition coefficient (Wildman–Crippen LogP) is 3.19. The number of hydrogen-bond donors (Lipinski definition) is 1. The number of likely N-dealkylation sites (tertiary alicyclic amines) is 1. The Labute approximate surface area is 141 Å². The Morgan fingerprint density at radius 3 is 3.17 bits per heavy atom. The fourth-order valence-corrected chi connectivity index (χ4v) is 4.75. The molecule has 0 spiro atoms. The van der Waals surface area contributed by atoms with Crippen LogP contribution in [0, 0.1) is 0 Å². The maximum absolute atomic E-state index is 12.6. The van der Waals surface area contributed by atoms with Crippen LogP contribution in [0.4, 0.5) is 0 Å². The van der Waals surface area contributed by atoms with E-state index in [-0.39, 0.29) is 0 Å². The zero-order valence-electron chi connectivity index (χ0n) is 13.3. The lowest BCUT2D eigenvalue weighted by Crippen LogP contribution is -2.37. The molecule has 2 aromatic heterocycles. The van der Waals surface area contributed by atoms with Crippen molar-refractivity contribution in [2.75, 3.05) is 19.6 Å². The van der Waals surface area contributed by atoms with E-state index in [1.807, 2.05) is 22.4 Å². The fourth-order valence-electron chi connectivity index (χ4n) is 3.86. The van der Waals surface area contributed by atoms with Gasteiger partial charge in [-0.1, -0.05) is 0 Å². The Balaban J connectivity index is 1.33. The van der Waals surface area contributed by atoms with E-state index in [4.69, 9.17) is 0 Å². The third-order valence-electron chi connectivity index (χ3n) is 5.12. The molecule has 4 nitrogen and oxygen atoms in total. The van der Waals surface area contributed by atoms with Crippen LogP contribution in [0.25, 0.3) is 0 Å². The number of thiophene rings is 1. The van der Waals surface area contributed by atoms with E-state index in [9.17, 15) is 4.79 Å². The fraction of sp³-hybridized carbons (Fsp3) is 0.500. The molecule has 0 aliphatic carbocycles. The molecule has 4 rings (SSSR count). The quantitative estimate of drug-likeness (QED) is 0.936. The molecule has 5 heteroatoms. The van der Waals surface area contributed by atoms with E-state index in [1.165, 1.54) is 29.0 Å². The largest absolute Gasteiger partial charge is 0.364 e. The third kappa shape index (κ3) is 3.08. The Bertz CT molecular complexity index is 664. The number of carbonyl (C=O) groups excluding carboxylic acids is 1. The highest BCUT2D eigenvalue weighted by molar-refractivity contribution is 7.10. The molecular formula is C18H23N3OS. The topological polar surface area (TPSA) is 39.3 Å². The molecule has 4 heterocycles. The van der Waals surface area contributed by atoms with Crippen molar-refractivity contribution in [1.29, 1.82) is 0 Å². The van der Waals surface area contributed by atoms with Crippen LogP contribution in [0.5, 0.6) is 0 Å². The summed E-state index contributed by atoms with van der Waals surface area (Å²) in [6.07, 6.45) is 6.06. The summed E-state index contributed by atoms with van der Waals surface area (Å²) in [7, 11) is 0. The van der Waals surface area contributed by atoms with Crippen molar-refractivity contribution >= 4 is 17.2 Å². The first kappa shape index (κ1) is 15.0. The highest BCUT2D eigenvalue weighted by Gasteiger charge is 2.28. The lowest BCUT2D eigenvalue weighted by Gasteiger charge is -2.29. The van der Waals surface area contributed by atoms with Crippen LogP contribution in [-0.4, -0.2) is 40.3 Å². The zero-order chi connectivity index (χ0) is 15.6. The number of H-pyrrole nitrogens is 1. The molecule has 1 amide bonds. The van der Waals surface area contributed by atoms with Gasteiger partial charge in [-0.05, 0) is 54.9 Å². The summed E-state index contributed by atoms with van der Waals surface area (Å²) in [4.78, 5) is 21.9. The molecule has 0 saturated carbocycles. The summed E-state index contributed by atoms with van der Waals surface area (Å²) in [6, 6.07) is 6.85.